The van der Waals surface area contributed by atoms with Gasteiger partial charge in [0.2, 0.25) is 0 Å². The van der Waals surface area contributed by atoms with Gasteiger partial charge in [0.15, 0.2) is 0 Å². The number of aryl methyl sites for hydroxylation is 1. The van der Waals surface area contributed by atoms with Crippen LogP contribution in [-0.2, 0) is 5.41 Å². The van der Waals surface area contributed by atoms with Gasteiger partial charge in [0.05, 0.1) is 0 Å². The SMILES string of the molecule is C=C(C)CCC(C)(C)c1ccc(C)cc1. The summed E-state index contributed by atoms with van der Waals surface area (Å²) in [5, 5.41) is 0. The number of allylic oxidation sites excluding steroid dienone is 1. The molecular weight excluding hydrogens is 180 g/mol. The summed E-state index contributed by atoms with van der Waals surface area (Å²) in [5.41, 5.74) is 4.28. The zero-order chi connectivity index (χ0) is 11.5. The van der Waals surface area contributed by atoms with Crippen LogP contribution in [-0.4, -0.2) is 0 Å². The van der Waals surface area contributed by atoms with Gasteiger partial charge in [0.1, 0.15) is 0 Å². The summed E-state index contributed by atoms with van der Waals surface area (Å²) >= 11 is 0. The van der Waals surface area contributed by atoms with Crippen LogP contribution in [0.3, 0.4) is 0 Å². The van der Waals surface area contributed by atoms with Crippen molar-refractivity contribution in [1.29, 1.82) is 0 Å². The topological polar surface area (TPSA) is 0 Å². The van der Waals surface area contributed by atoms with E-state index in [-0.39, 0.29) is 5.41 Å². The van der Waals surface area contributed by atoms with Crippen molar-refractivity contribution >= 4 is 0 Å². The molecule has 0 aliphatic carbocycles. The number of hydrogen-bond donors (Lipinski definition) is 0. The van der Waals surface area contributed by atoms with Crippen LogP contribution in [0.2, 0.25) is 0 Å². The Balaban J connectivity index is 2.76. The standard InChI is InChI=1S/C15H22/c1-12(2)10-11-15(4,5)14-8-6-13(3)7-9-14/h6-9H,1,10-11H2,2-5H3. The molecule has 0 aliphatic rings. The lowest BCUT2D eigenvalue weighted by Crippen LogP contribution is -2.16. The molecule has 1 aromatic rings. The van der Waals surface area contributed by atoms with Gasteiger partial charge in [0, 0.05) is 0 Å². The fourth-order valence-electron chi connectivity index (χ4n) is 1.67. The maximum absolute atomic E-state index is 3.97. The van der Waals surface area contributed by atoms with Gasteiger partial charge >= 0.3 is 0 Å². The Morgan fingerprint density at radius 2 is 1.73 bits per heavy atom. The minimum Gasteiger partial charge on any atom is -0.100 e. The highest BCUT2D eigenvalue weighted by Crippen LogP contribution is 2.29. The Bertz CT molecular complexity index is 328. The molecule has 0 bridgehead atoms. The lowest BCUT2D eigenvalue weighted by molar-refractivity contribution is 0.479. The van der Waals surface area contributed by atoms with Crippen LogP contribution >= 0.6 is 0 Å². The summed E-state index contributed by atoms with van der Waals surface area (Å²) in [4.78, 5) is 0. The third-order valence-electron chi connectivity index (χ3n) is 3.01. The Morgan fingerprint density at radius 1 is 1.20 bits per heavy atom. The zero-order valence-electron chi connectivity index (χ0n) is 10.4. The molecule has 0 unspecified atom stereocenters. The quantitative estimate of drug-likeness (QED) is 0.624. The molecule has 15 heavy (non-hydrogen) atoms. The van der Waals surface area contributed by atoms with Crippen LogP contribution in [0.25, 0.3) is 0 Å². The molecule has 0 heterocycles. The summed E-state index contributed by atoms with van der Waals surface area (Å²) in [5.74, 6) is 0. The van der Waals surface area contributed by atoms with Crippen LogP contribution < -0.4 is 0 Å². The van der Waals surface area contributed by atoms with Gasteiger partial charge in [-0.15, -0.1) is 6.58 Å². The van der Waals surface area contributed by atoms with Gasteiger partial charge in [-0.2, -0.15) is 0 Å². The molecule has 0 N–H and O–H groups in total. The first-order chi connectivity index (χ1) is 6.92. The summed E-state index contributed by atoms with van der Waals surface area (Å²) in [6.07, 6.45) is 2.28. The molecule has 0 saturated carbocycles. The van der Waals surface area contributed by atoms with E-state index in [2.05, 4.69) is 58.5 Å². The average molecular weight is 202 g/mol. The Kier molecular flexibility index (Phi) is 3.73. The van der Waals surface area contributed by atoms with Crippen molar-refractivity contribution in [2.45, 2.75) is 46.0 Å². The lowest BCUT2D eigenvalue weighted by Gasteiger charge is -2.25. The van der Waals surface area contributed by atoms with Crippen LogP contribution in [0, 0.1) is 6.92 Å². The van der Waals surface area contributed by atoms with Crippen LogP contribution in [0.15, 0.2) is 36.4 Å². The van der Waals surface area contributed by atoms with E-state index in [0.29, 0.717) is 0 Å². The monoisotopic (exact) mass is 202 g/mol. The van der Waals surface area contributed by atoms with Gasteiger partial charge in [-0.25, -0.2) is 0 Å². The molecule has 1 rings (SSSR count). The van der Waals surface area contributed by atoms with E-state index in [9.17, 15) is 0 Å². The van der Waals surface area contributed by atoms with Crippen molar-refractivity contribution in [1.82, 2.24) is 0 Å². The molecule has 0 aliphatic heterocycles. The van der Waals surface area contributed by atoms with Gasteiger partial charge in [0.25, 0.3) is 0 Å². The number of benzene rings is 1. The molecule has 0 amide bonds. The van der Waals surface area contributed by atoms with Crippen molar-refractivity contribution in [2.24, 2.45) is 0 Å². The average Bonchev–Trinajstić information content (AvgIpc) is 2.16. The van der Waals surface area contributed by atoms with E-state index >= 15 is 0 Å². The molecule has 0 atom stereocenters. The Hall–Kier alpha value is -1.04. The maximum atomic E-state index is 3.97. The highest BCUT2D eigenvalue weighted by atomic mass is 14.2. The van der Waals surface area contributed by atoms with E-state index < -0.39 is 0 Å². The minimum atomic E-state index is 0.257. The molecule has 0 fully saturated rings. The van der Waals surface area contributed by atoms with Crippen molar-refractivity contribution in [3.8, 4) is 0 Å². The van der Waals surface area contributed by atoms with E-state index in [1.807, 2.05) is 0 Å². The molecule has 0 spiro atoms. The molecule has 0 heteroatoms. The van der Waals surface area contributed by atoms with Crippen LogP contribution in [0.5, 0.6) is 0 Å². The first-order valence-corrected chi connectivity index (χ1v) is 5.63. The van der Waals surface area contributed by atoms with Crippen molar-refractivity contribution in [3.63, 3.8) is 0 Å². The van der Waals surface area contributed by atoms with Crippen molar-refractivity contribution in [2.75, 3.05) is 0 Å². The fourth-order valence-corrected chi connectivity index (χ4v) is 1.67. The lowest BCUT2D eigenvalue weighted by atomic mass is 9.79. The second-order valence-electron chi connectivity index (χ2n) is 5.21. The van der Waals surface area contributed by atoms with Crippen molar-refractivity contribution in [3.05, 3.63) is 47.5 Å². The highest BCUT2D eigenvalue weighted by Gasteiger charge is 2.19. The zero-order valence-corrected chi connectivity index (χ0v) is 10.4. The van der Waals surface area contributed by atoms with E-state index in [1.54, 1.807) is 0 Å². The normalized spacial score (nSPS) is 11.5. The summed E-state index contributed by atoms with van der Waals surface area (Å²) in [7, 11) is 0. The molecule has 0 radical (unpaired) electrons. The Labute approximate surface area is 94.0 Å². The first-order valence-electron chi connectivity index (χ1n) is 5.63. The minimum absolute atomic E-state index is 0.257. The summed E-state index contributed by atoms with van der Waals surface area (Å²) in [6.45, 7) is 12.8. The third-order valence-corrected chi connectivity index (χ3v) is 3.01. The van der Waals surface area contributed by atoms with Gasteiger partial charge < -0.3 is 0 Å². The van der Waals surface area contributed by atoms with E-state index in [1.165, 1.54) is 23.1 Å². The maximum Gasteiger partial charge on any atom is -0.0101 e. The van der Waals surface area contributed by atoms with Crippen LogP contribution in [0.4, 0.5) is 0 Å². The summed E-state index contributed by atoms with van der Waals surface area (Å²) in [6, 6.07) is 8.87. The summed E-state index contributed by atoms with van der Waals surface area (Å²) < 4.78 is 0. The second kappa shape index (κ2) is 4.65. The Morgan fingerprint density at radius 3 is 2.20 bits per heavy atom. The smallest absolute Gasteiger partial charge is 0.0101 e. The van der Waals surface area contributed by atoms with E-state index in [4.69, 9.17) is 0 Å². The first kappa shape index (κ1) is 12.0. The molecule has 82 valence electrons. The van der Waals surface area contributed by atoms with Gasteiger partial charge in [-0.05, 0) is 37.7 Å². The molecule has 0 saturated heterocycles. The van der Waals surface area contributed by atoms with E-state index in [0.717, 1.165) is 6.42 Å². The van der Waals surface area contributed by atoms with Crippen LogP contribution in [0.1, 0.15) is 44.7 Å². The van der Waals surface area contributed by atoms with Crippen molar-refractivity contribution < 1.29 is 0 Å². The largest absolute Gasteiger partial charge is 0.100 e. The molecule has 0 aromatic heterocycles. The second-order valence-corrected chi connectivity index (χ2v) is 5.21. The predicted molar refractivity (Wildman–Crippen MR) is 68.3 cm³/mol. The molecule has 1 aromatic carbocycles. The fraction of sp³-hybridized carbons (Fsp3) is 0.467. The number of rotatable bonds is 4. The predicted octanol–water partition coefficient (Wildman–Crippen LogP) is 4.63. The van der Waals surface area contributed by atoms with Gasteiger partial charge in [-0.1, -0.05) is 49.2 Å². The number of hydrogen-bond acceptors (Lipinski definition) is 0. The molecular formula is C15H22. The third kappa shape index (κ3) is 3.54. The van der Waals surface area contributed by atoms with Gasteiger partial charge in [-0.3, -0.25) is 0 Å². The molecule has 0 nitrogen and oxygen atoms in total. The highest BCUT2D eigenvalue weighted by molar-refractivity contribution is 5.27.